The summed E-state index contributed by atoms with van der Waals surface area (Å²) in [6.07, 6.45) is 3.84. The maximum Gasteiger partial charge on any atom is 0.225 e. The zero-order valence-corrected chi connectivity index (χ0v) is 14.1. The van der Waals surface area contributed by atoms with Gasteiger partial charge in [-0.1, -0.05) is 12.1 Å². The fraction of sp³-hybridized carbons (Fsp3) is 0.316. The Hall–Kier alpha value is -2.53. The lowest BCUT2D eigenvalue weighted by Crippen LogP contribution is -2.45. The van der Waals surface area contributed by atoms with Crippen LogP contribution in [0.2, 0.25) is 0 Å². The van der Waals surface area contributed by atoms with Gasteiger partial charge in [-0.05, 0) is 37.7 Å². The first kappa shape index (κ1) is 15.0. The average Bonchev–Trinajstić information content (AvgIpc) is 2.62. The van der Waals surface area contributed by atoms with Gasteiger partial charge < -0.3 is 9.80 Å². The lowest BCUT2D eigenvalue weighted by atomic mass is 10.1. The summed E-state index contributed by atoms with van der Waals surface area (Å²) in [6, 6.07) is 10.4. The smallest absolute Gasteiger partial charge is 0.225 e. The fourth-order valence-corrected chi connectivity index (χ4v) is 3.05. The van der Waals surface area contributed by atoms with Gasteiger partial charge in [0.2, 0.25) is 5.95 Å². The van der Waals surface area contributed by atoms with E-state index in [0.717, 1.165) is 59.9 Å². The van der Waals surface area contributed by atoms with Crippen molar-refractivity contribution in [3.8, 4) is 11.1 Å². The number of hydrogen-bond acceptors (Lipinski definition) is 5. The highest BCUT2D eigenvalue weighted by Crippen LogP contribution is 2.24. The third kappa shape index (κ3) is 2.95. The van der Waals surface area contributed by atoms with E-state index in [2.05, 4.69) is 56.1 Å². The topological polar surface area (TPSA) is 45.2 Å². The maximum absolute atomic E-state index is 4.58. The molecule has 3 heterocycles. The number of rotatable bonds is 2. The van der Waals surface area contributed by atoms with Gasteiger partial charge in [-0.25, -0.2) is 9.97 Å². The molecule has 122 valence electrons. The molecule has 1 fully saturated rings. The van der Waals surface area contributed by atoms with Crippen LogP contribution >= 0.6 is 0 Å². The van der Waals surface area contributed by atoms with E-state index in [4.69, 9.17) is 0 Å². The molecule has 0 atom stereocenters. The van der Waals surface area contributed by atoms with Crippen molar-refractivity contribution in [3.63, 3.8) is 0 Å². The van der Waals surface area contributed by atoms with Crippen LogP contribution in [0.4, 0.5) is 5.95 Å². The Morgan fingerprint density at radius 3 is 2.38 bits per heavy atom. The van der Waals surface area contributed by atoms with Crippen molar-refractivity contribution >= 4 is 16.9 Å². The van der Waals surface area contributed by atoms with Crippen molar-refractivity contribution < 1.29 is 0 Å². The summed E-state index contributed by atoms with van der Waals surface area (Å²) in [5.74, 6) is 0.824. The highest BCUT2D eigenvalue weighted by molar-refractivity contribution is 5.84. The molecule has 5 heteroatoms. The van der Waals surface area contributed by atoms with Gasteiger partial charge in [-0.3, -0.25) is 4.98 Å². The number of likely N-dealkylation sites (N-methyl/N-ethyl adjacent to an activating group) is 1. The Kier molecular flexibility index (Phi) is 3.86. The van der Waals surface area contributed by atoms with Crippen LogP contribution in [0.5, 0.6) is 0 Å². The molecule has 5 nitrogen and oxygen atoms in total. The maximum atomic E-state index is 4.58. The second kappa shape index (κ2) is 6.17. The highest BCUT2D eigenvalue weighted by Gasteiger charge is 2.16. The van der Waals surface area contributed by atoms with Gasteiger partial charge in [0.1, 0.15) is 0 Å². The van der Waals surface area contributed by atoms with E-state index in [1.165, 1.54) is 0 Å². The standard InChI is InChI=1S/C19H21N5/c1-14-3-4-16-11-15(5-6-18(16)22-14)17-12-20-19(21-13-17)24-9-7-23(2)8-10-24/h3-6,11-13H,7-10H2,1-2H3. The molecule has 1 aliphatic heterocycles. The molecule has 0 saturated carbocycles. The molecule has 0 N–H and O–H groups in total. The summed E-state index contributed by atoms with van der Waals surface area (Å²) in [4.78, 5) is 18.3. The minimum absolute atomic E-state index is 0.824. The molecular weight excluding hydrogens is 298 g/mol. The highest BCUT2D eigenvalue weighted by atomic mass is 15.3. The summed E-state index contributed by atoms with van der Waals surface area (Å²) in [6.45, 7) is 6.09. The summed E-state index contributed by atoms with van der Waals surface area (Å²) >= 11 is 0. The third-order valence-electron chi connectivity index (χ3n) is 4.59. The average molecular weight is 319 g/mol. The Morgan fingerprint density at radius 2 is 1.62 bits per heavy atom. The number of pyridine rings is 1. The number of hydrogen-bond donors (Lipinski definition) is 0. The van der Waals surface area contributed by atoms with Crippen molar-refractivity contribution in [2.75, 3.05) is 38.1 Å². The van der Waals surface area contributed by atoms with E-state index in [9.17, 15) is 0 Å². The van der Waals surface area contributed by atoms with Crippen LogP contribution in [0.15, 0.2) is 42.7 Å². The number of fused-ring (bicyclic) bond motifs is 1. The number of nitrogens with zero attached hydrogens (tertiary/aromatic N) is 5. The molecule has 0 aliphatic carbocycles. The summed E-state index contributed by atoms with van der Waals surface area (Å²) < 4.78 is 0. The van der Waals surface area contributed by atoms with Crippen molar-refractivity contribution in [3.05, 3.63) is 48.4 Å². The minimum atomic E-state index is 0.824. The van der Waals surface area contributed by atoms with Gasteiger partial charge in [0.25, 0.3) is 0 Å². The lowest BCUT2D eigenvalue weighted by molar-refractivity contribution is 0.311. The van der Waals surface area contributed by atoms with Crippen LogP contribution in [0.3, 0.4) is 0 Å². The van der Waals surface area contributed by atoms with Crippen LogP contribution in [-0.4, -0.2) is 53.1 Å². The summed E-state index contributed by atoms with van der Waals surface area (Å²) in [5, 5.41) is 1.14. The zero-order valence-electron chi connectivity index (χ0n) is 14.1. The molecule has 0 radical (unpaired) electrons. The molecule has 0 bridgehead atoms. The van der Waals surface area contributed by atoms with Crippen LogP contribution in [0, 0.1) is 6.92 Å². The van der Waals surface area contributed by atoms with Crippen LogP contribution in [0.25, 0.3) is 22.0 Å². The molecule has 4 rings (SSSR count). The SMILES string of the molecule is Cc1ccc2cc(-c3cnc(N4CCN(C)CC4)nc3)ccc2n1. The normalized spacial score (nSPS) is 15.8. The number of anilines is 1. The van der Waals surface area contributed by atoms with E-state index in [1.54, 1.807) is 0 Å². The first-order chi connectivity index (χ1) is 11.7. The zero-order chi connectivity index (χ0) is 16.5. The van der Waals surface area contributed by atoms with Gasteiger partial charge in [0, 0.05) is 55.2 Å². The largest absolute Gasteiger partial charge is 0.338 e. The van der Waals surface area contributed by atoms with Gasteiger partial charge in [-0.15, -0.1) is 0 Å². The first-order valence-electron chi connectivity index (χ1n) is 8.32. The molecule has 1 aromatic carbocycles. The monoisotopic (exact) mass is 319 g/mol. The predicted octanol–water partition coefficient (Wildman–Crippen LogP) is 2.75. The Labute approximate surface area is 142 Å². The van der Waals surface area contributed by atoms with E-state index < -0.39 is 0 Å². The first-order valence-corrected chi connectivity index (χ1v) is 8.32. The molecule has 1 aliphatic rings. The summed E-state index contributed by atoms with van der Waals surface area (Å²) in [5.41, 5.74) is 4.22. The second-order valence-corrected chi connectivity index (χ2v) is 6.42. The van der Waals surface area contributed by atoms with Crippen LogP contribution < -0.4 is 4.90 Å². The van der Waals surface area contributed by atoms with Crippen molar-refractivity contribution in [1.82, 2.24) is 19.9 Å². The molecule has 3 aromatic rings. The minimum Gasteiger partial charge on any atom is -0.338 e. The van der Waals surface area contributed by atoms with Gasteiger partial charge in [0.15, 0.2) is 0 Å². The summed E-state index contributed by atoms with van der Waals surface area (Å²) in [7, 11) is 2.15. The van der Waals surface area contributed by atoms with Gasteiger partial charge in [0.05, 0.1) is 5.52 Å². The molecule has 0 amide bonds. The number of aryl methyl sites for hydroxylation is 1. The Bertz CT molecular complexity index is 851. The lowest BCUT2D eigenvalue weighted by Gasteiger charge is -2.32. The van der Waals surface area contributed by atoms with Crippen LogP contribution in [-0.2, 0) is 0 Å². The van der Waals surface area contributed by atoms with Crippen molar-refractivity contribution in [2.45, 2.75) is 6.92 Å². The molecule has 24 heavy (non-hydrogen) atoms. The second-order valence-electron chi connectivity index (χ2n) is 6.42. The van der Waals surface area contributed by atoms with Crippen molar-refractivity contribution in [2.24, 2.45) is 0 Å². The fourth-order valence-electron chi connectivity index (χ4n) is 3.05. The molecule has 1 saturated heterocycles. The predicted molar refractivity (Wildman–Crippen MR) is 97.2 cm³/mol. The Morgan fingerprint density at radius 1 is 0.875 bits per heavy atom. The molecule has 0 unspecified atom stereocenters. The van der Waals surface area contributed by atoms with E-state index in [-0.39, 0.29) is 0 Å². The van der Waals surface area contributed by atoms with Gasteiger partial charge in [-0.2, -0.15) is 0 Å². The van der Waals surface area contributed by atoms with Gasteiger partial charge >= 0.3 is 0 Å². The molecule has 0 spiro atoms. The number of benzene rings is 1. The van der Waals surface area contributed by atoms with E-state index in [0.29, 0.717) is 0 Å². The quantitative estimate of drug-likeness (QED) is 0.727. The van der Waals surface area contributed by atoms with E-state index in [1.807, 2.05) is 25.4 Å². The van der Waals surface area contributed by atoms with E-state index >= 15 is 0 Å². The molecular formula is C19H21N5. The third-order valence-corrected chi connectivity index (χ3v) is 4.59. The van der Waals surface area contributed by atoms with Crippen LogP contribution in [0.1, 0.15) is 5.69 Å². The number of piperazine rings is 1. The molecule has 2 aromatic heterocycles. The van der Waals surface area contributed by atoms with Crippen molar-refractivity contribution in [1.29, 1.82) is 0 Å². The Balaban J connectivity index is 1.59. The number of aromatic nitrogens is 3.